The molecule has 0 bridgehead atoms. The third-order valence-electron chi connectivity index (χ3n) is 5.17. The SMILES string of the molecule is COc1ccccc1OC1CCN(C(=O)C(C)CN2CCOCC2)CC1. The molecule has 0 aliphatic carbocycles. The Kier molecular flexibility index (Phi) is 6.74. The molecule has 0 aromatic heterocycles. The molecule has 2 aliphatic heterocycles. The molecular formula is C20H30N2O4. The Hall–Kier alpha value is -1.79. The van der Waals surface area contributed by atoms with Gasteiger partial charge in [0.05, 0.1) is 20.3 Å². The molecule has 0 N–H and O–H groups in total. The smallest absolute Gasteiger partial charge is 0.226 e. The fourth-order valence-electron chi connectivity index (χ4n) is 3.65. The van der Waals surface area contributed by atoms with Crippen LogP contribution in [0.3, 0.4) is 0 Å². The summed E-state index contributed by atoms with van der Waals surface area (Å²) in [5, 5.41) is 0. The second kappa shape index (κ2) is 9.24. The van der Waals surface area contributed by atoms with Gasteiger partial charge in [-0.05, 0) is 12.1 Å². The molecule has 6 heteroatoms. The first kappa shape index (κ1) is 19.0. The van der Waals surface area contributed by atoms with Crippen LogP contribution < -0.4 is 9.47 Å². The van der Waals surface area contributed by atoms with Gasteiger partial charge in [-0.1, -0.05) is 19.1 Å². The van der Waals surface area contributed by atoms with E-state index in [0.29, 0.717) is 0 Å². The standard InChI is InChI=1S/C20H30N2O4/c1-16(15-21-11-13-25-14-12-21)20(23)22-9-7-17(8-10-22)26-19-6-4-3-5-18(19)24-2/h3-6,16-17H,7-15H2,1-2H3. The Labute approximate surface area is 156 Å². The summed E-state index contributed by atoms with van der Waals surface area (Å²) in [6, 6.07) is 7.72. The quantitative estimate of drug-likeness (QED) is 0.775. The topological polar surface area (TPSA) is 51.2 Å². The van der Waals surface area contributed by atoms with E-state index >= 15 is 0 Å². The first-order valence-corrected chi connectivity index (χ1v) is 9.56. The minimum atomic E-state index is 0.0276. The maximum absolute atomic E-state index is 12.7. The molecular weight excluding hydrogens is 332 g/mol. The third kappa shape index (κ3) is 4.89. The number of hydrogen-bond donors (Lipinski definition) is 0. The number of nitrogens with zero attached hydrogens (tertiary/aromatic N) is 2. The van der Waals surface area contributed by atoms with Gasteiger partial charge >= 0.3 is 0 Å². The number of amides is 1. The van der Waals surface area contributed by atoms with Crippen molar-refractivity contribution < 1.29 is 19.0 Å². The van der Waals surface area contributed by atoms with Crippen molar-refractivity contribution in [1.29, 1.82) is 0 Å². The van der Waals surface area contributed by atoms with Gasteiger partial charge in [-0.3, -0.25) is 9.69 Å². The number of likely N-dealkylation sites (tertiary alicyclic amines) is 1. The average Bonchev–Trinajstić information content (AvgIpc) is 2.69. The molecule has 1 amide bonds. The van der Waals surface area contributed by atoms with Crippen molar-refractivity contribution in [2.45, 2.75) is 25.9 Å². The number of carbonyl (C=O) groups excluding carboxylic acids is 1. The van der Waals surface area contributed by atoms with Gasteiger partial charge in [-0.15, -0.1) is 0 Å². The highest BCUT2D eigenvalue weighted by Crippen LogP contribution is 2.29. The van der Waals surface area contributed by atoms with Crippen LogP contribution in [0.25, 0.3) is 0 Å². The van der Waals surface area contributed by atoms with Gasteiger partial charge < -0.3 is 19.1 Å². The average molecular weight is 362 g/mol. The van der Waals surface area contributed by atoms with Gasteiger partial charge in [-0.2, -0.15) is 0 Å². The van der Waals surface area contributed by atoms with E-state index < -0.39 is 0 Å². The summed E-state index contributed by atoms with van der Waals surface area (Å²) in [4.78, 5) is 17.1. The summed E-state index contributed by atoms with van der Waals surface area (Å²) in [6.45, 7) is 7.76. The molecule has 0 radical (unpaired) electrons. The predicted octanol–water partition coefficient (Wildman–Crippen LogP) is 2.03. The molecule has 2 saturated heterocycles. The maximum atomic E-state index is 12.7. The second-order valence-electron chi connectivity index (χ2n) is 7.11. The number of morpholine rings is 1. The Morgan fingerprint density at radius 1 is 1.15 bits per heavy atom. The van der Waals surface area contributed by atoms with Gasteiger partial charge in [0.25, 0.3) is 0 Å². The van der Waals surface area contributed by atoms with Crippen molar-refractivity contribution >= 4 is 5.91 Å². The van der Waals surface area contributed by atoms with E-state index in [-0.39, 0.29) is 17.9 Å². The van der Waals surface area contributed by atoms with E-state index in [9.17, 15) is 4.79 Å². The minimum Gasteiger partial charge on any atom is -0.493 e. The van der Waals surface area contributed by atoms with Crippen molar-refractivity contribution in [3.8, 4) is 11.5 Å². The van der Waals surface area contributed by atoms with Crippen molar-refractivity contribution in [1.82, 2.24) is 9.80 Å². The van der Waals surface area contributed by atoms with Crippen LogP contribution in [-0.2, 0) is 9.53 Å². The van der Waals surface area contributed by atoms with E-state index in [1.165, 1.54) is 0 Å². The Morgan fingerprint density at radius 2 is 1.81 bits per heavy atom. The highest BCUT2D eigenvalue weighted by molar-refractivity contribution is 5.78. The predicted molar refractivity (Wildman–Crippen MR) is 99.6 cm³/mol. The highest BCUT2D eigenvalue weighted by atomic mass is 16.5. The Bertz CT molecular complexity index is 581. The van der Waals surface area contributed by atoms with Crippen molar-refractivity contribution in [2.75, 3.05) is 53.0 Å². The van der Waals surface area contributed by atoms with Crippen LogP contribution in [0.4, 0.5) is 0 Å². The summed E-state index contributed by atoms with van der Waals surface area (Å²) < 4.78 is 16.8. The fourth-order valence-corrected chi connectivity index (χ4v) is 3.65. The molecule has 2 aliphatic rings. The summed E-state index contributed by atoms with van der Waals surface area (Å²) in [6.07, 6.45) is 1.84. The molecule has 1 atom stereocenters. The molecule has 26 heavy (non-hydrogen) atoms. The highest BCUT2D eigenvalue weighted by Gasteiger charge is 2.28. The molecule has 6 nitrogen and oxygen atoms in total. The number of para-hydroxylation sites is 2. The first-order chi connectivity index (χ1) is 12.7. The summed E-state index contributed by atoms with van der Waals surface area (Å²) >= 11 is 0. The minimum absolute atomic E-state index is 0.0276. The monoisotopic (exact) mass is 362 g/mol. The molecule has 1 aromatic carbocycles. The summed E-state index contributed by atoms with van der Waals surface area (Å²) in [5.41, 5.74) is 0. The van der Waals surface area contributed by atoms with Crippen molar-refractivity contribution in [2.24, 2.45) is 5.92 Å². The van der Waals surface area contributed by atoms with E-state index in [2.05, 4.69) is 4.90 Å². The van der Waals surface area contributed by atoms with Crippen molar-refractivity contribution in [3.05, 3.63) is 24.3 Å². The van der Waals surface area contributed by atoms with Gasteiger partial charge in [-0.25, -0.2) is 0 Å². The van der Waals surface area contributed by atoms with Crippen LogP contribution in [0.1, 0.15) is 19.8 Å². The van der Waals surface area contributed by atoms with Crippen LogP contribution in [0.2, 0.25) is 0 Å². The molecule has 2 fully saturated rings. The molecule has 0 spiro atoms. The molecule has 1 unspecified atom stereocenters. The summed E-state index contributed by atoms with van der Waals surface area (Å²) in [5.74, 6) is 1.82. The number of methoxy groups -OCH3 is 1. The van der Waals surface area contributed by atoms with Crippen LogP contribution in [0.15, 0.2) is 24.3 Å². The molecule has 2 heterocycles. The lowest BCUT2D eigenvalue weighted by Crippen LogP contribution is -2.47. The van der Waals surface area contributed by atoms with E-state index in [1.807, 2.05) is 36.1 Å². The number of piperidine rings is 1. The van der Waals surface area contributed by atoms with Crippen molar-refractivity contribution in [3.63, 3.8) is 0 Å². The van der Waals surface area contributed by atoms with Gasteiger partial charge in [0.15, 0.2) is 11.5 Å². The summed E-state index contributed by atoms with van der Waals surface area (Å²) in [7, 11) is 1.65. The van der Waals surface area contributed by atoms with Gasteiger partial charge in [0.1, 0.15) is 6.10 Å². The first-order valence-electron chi connectivity index (χ1n) is 9.56. The lowest BCUT2D eigenvalue weighted by Gasteiger charge is -2.35. The van der Waals surface area contributed by atoms with Crippen LogP contribution in [0, 0.1) is 5.92 Å². The van der Waals surface area contributed by atoms with E-state index in [1.54, 1.807) is 7.11 Å². The molecule has 0 saturated carbocycles. The number of benzene rings is 1. The number of hydrogen-bond acceptors (Lipinski definition) is 5. The maximum Gasteiger partial charge on any atom is 0.226 e. The zero-order valence-electron chi connectivity index (χ0n) is 15.9. The zero-order chi connectivity index (χ0) is 18.4. The van der Waals surface area contributed by atoms with Gasteiger partial charge in [0, 0.05) is 51.5 Å². The molecule has 144 valence electrons. The third-order valence-corrected chi connectivity index (χ3v) is 5.17. The largest absolute Gasteiger partial charge is 0.493 e. The normalized spacial score (nSPS) is 20.6. The second-order valence-corrected chi connectivity index (χ2v) is 7.11. The molecule has 1 aromatic rings. The van der Waals surface area contributed by atoms with E-state index in [4.69, 9.17) is 14.2 Å². The van der Waals surface area contributed by atoms with Crippen LogP contribution in [-0.4, -0.2) is 74.9 Å². The van der Waals surface area contributed by atoms with E-state index in [0.717, 1.165) is 70.3 Å². The lowest BCUT2D eigenvalue weighted by molar-refractivity contribution is -0.137. The Balaban J connectivity index is 1.46. The zero-order valence-corrected chi connectivity index (χ0v) is 15.9. The number of rotatable bonds is 6. The lowest BCUT2D eigenvalue weighted by atomic mass is 10.0. The number of carbonyl (C=O) groups is 1. The number of ether oxygens (including phenoxy) is 3. The van der Waals surface area contributed by atoms with Crippen LogP contribution in [0.5, 0.6) is 11.5 Å². The Morgan fingerprint density at radius 3 is 2.46 bits per heavy atom. The van der Waals surface area contributed by atoms with Crippen LogP contribution >= 0.6 is 0 Å². The molecule has 3 rings (SSSR count). The fraction of sp³-hybridized carbons (Fsp3) is 0.650. The van der Waals surface area contributed by atoms with Gasteiger partial charge in [0.2, 0.25) is 5.91 Å².